The Morgan fingerprint density at radius 3 is 2.35 bits per heavy atom. The zero-order valence-corrected chi connectivity index (χ0v) is 14.3. The summed E-state index contributed by atoms with van der Waals surface area (Å²) in [4.78, 5) is 39.1. The molecule has 1 heterocycles. The summed E-state index contributed by atoms with van der Waals surface area (Å²) in [6, 6.07) is 0. The van der Waals surface area contributed by atoms with E-state index in [4.69, 9.17) is 4.74 Å². The van der Waals surface area contributed by atoms with E-state index in [0.717, 1.165) is 12.8 Å². The smallest absolute Gasteiger partial charge is 0.306 e. The molecule has 1 aromatic heterocycles. The van der Waals surface area contributed by atoms with Crippen LogP contribution in [0.5, 0.6) is 0 Å². The fourth-order valence-electron chi connectivity index (χ4n) is 3.48. The second-order valence-corrected chi connectivity index (χ2v) is 6.53. The molecule has 0 aromatic carbocycles. The molecule has 1 aliphatic carbocycles. The average Bonchev–Trinajstić information content (AvgIpc) is 3.05. The number of aromatic nitrogens is 1. The van der Waals surface area contributed by atoms with Crippen LogP contribution in [0, 0.1) is 19.8 Å². The van der Waals surface area contributed by atoms with Crippen molar-refractivity contribution in [3.05, 3.63) is 22.5 Å². The molecule has 1 aromatic rings. The minimum atomic E-state index is -0.847. The van der Waals surface area contributed by atoms with Gasteiger partial charge in [-0.25, -0.2) is 0 Å². The number of ether oxygens (including phenoxy) is 1. The summed E-state index contributed by atoms with van der Waals surface area (Å²) >= 11 is 0. The highest BCUT2D eigenvalue weighted by atomic mass is 16.5. The van der Waals surface area contributed by atoms with E-state index >= 15 is 0 Å². The minimum Gasteiger partial charge on any atom is -0.454 e. The molecule has 1 N–H and O–H groups in total. The highest BCUT2D eigenvalue weighted by Crippen LogP contribution is 2.28. The Bertz CT molecular complexity index is 623. The van der Waals surface area contributed by atoms with Gasteiger partial charge in [0.2, 0.25) is 5.78 Å². The fourth-order valence-corrected chi connectivity index (χ4v) is 3.48. The van der Waals surface area contributed by atoms with Crippen molar-refractivity contribution in [2.24, 2.45) is 5.92 Å². The van der Waals surface area contributed by atoms with Crippen molar-refractivity contribution in [1.82, 2.24) is 4.98 Å². The first-order valence-corrected chi connectivity index (χ1v) is 8.25. The number of ketones is 2. The number of Topliss-reactive ketones (excluding diaryl/α,β-unsaturated/α-hetero) is 2. The van der Waals surface area contributed by atoms with E-state index in [2.05, 4.69) is 4.98 Å². The second kappa shape index (κ2) is 7.11. The molecule has 0 unspecified atom stereocenters. The number of carbonyl (C=O) groups is 3. The second-order valence-electron chi connectivity index (χ2n) is 6.53. The molecular weight excluding hydrogens is 294 g/mol. The lowest BCUT2D eigenvalue weighted by atomic mass is 10.0. The molecule has 0 amide bonds. The van der Waals surface area contributed by atoms with Gasteiger partial charge < -0.3 is 9.72 Å². The molecule has 0 spiro atoms. The Morgan fingerprint density at radius 1 is 1.22 bits per heavy atom. The Labute approximate surface area is 136 Å². The summed E-state index contributed by atoms with van der Waals surface area (Å²) in [5.41, 5.74) is 2.19. The number of carbonyl (C=O) groups excluding carboxylic acids is 3. The standard InChI is InChI=1S/C18H25NO4/c1-10-16(12(3)20)11(2)19-17(10)18(22)13(4)23-15(21)9-14-7-5-6-8-14/h13-14,19H,5-9H2,1-4H3/t13-/m0/s1. The summed E-state index contributed by atoms with van der Waals surface area (Å²) in [5.74, 6) is -0.298. The third-order valence-electron chi connectivity index (χ3n) is 4.64. The Hall–Kier alpha value is -1.91. The van der Waals surface area contributed by atoms with Crippen molar-refractivity contribution in [3.63, 3.8) is 0 Å². The van der Waals surface area contributed by atoms with Crippen LogP contribution in [0.3, 0.4) is 0 Å². The van der Waals surface area contributed by atoms with E-state index in [0.29, 0.717) is 34.9 Å². The number of rotatable bonds is 6. The molecule has 1 fully saturated rings. The van der Waals surface area contributed by atoms with Gasteiger partial charge >= 0.3 is 5.97 Å². The van der Waals surface area contributed by atoms with Crippen LogP contribution >= 0.6 is 0 Å². The molecule has 5 heteroatoms. The van der Waals surface area contributed by atoms with Gasteiger partial charge in [0.15, 0.2) is 11.9 Å². The number of aromatic amines is 1. The minimum absolute atomic E-state index is 0.0822. The quantitative estimate of drug-likeness (QED) is 0.643. The number of hydrogen-bond donors (Lipinski definition) is 1. The van der Waals surface area contributed by atoms with E-state index in [-0.39, 0.29) is 17.5 Å². The summed E-state index contributed by atoms with van der Waals surface area (Å²) in [5, 5.41) is 0. The van der Waals surface area contributed by atoms with Crippen LogP contribution in [-0.2, 0) is 9.53 Å². The number of aryl methyl sites for hydroxylation is 1. The molecule has 1 atom stereocenters. The van der Waals surface area contributed by atoms with Crippen LogP contribution in [0.15, 0.2) is 0 Å². The lowest BCUT2D eigenvalue weighted by molar-refractivity contribution is -0.147. The third-order valence-corrected chi connectivity index (χ3v) is 4.64. The fraction of sp³-hybridized carbons (Fsp3) is 0.611. The Kier molecular flexibility index (Phi) is 5.39. The van der Waals surface area contributed by atoms with E-state index in [1.807, 2.05) is 0 Å². The van der Waals surface area contributed by atoms with Gasteiger partial charge in [-0.1, -0.05) is 12.8 Å². The lowest BCUT2D eigenvalue weighted by Gasteiger charge is -2.14. The maximum Gasteiger partial charge on any atom is 0.306 e. The van der Waals surface area contributed by atoms with Crippen LogP contribution in [0.2, 0.25) is 0 Å². The molecule has 23 heavy (non-hydrogen) atoms. The molecule has 1 aliphatic rings. The summed E-state index contributed by atoms with van der Waals surface area (Å²) in [6.07, 6.45) is 4.00. The van der Waals surface area contributed by atoms with Crippen LogP contribution in [-0.4, -0.2) is 28.6 Å². The topological polar surface area (TPSA) is 76.2 Å². The van der Waals surface area contributed by atoms with Crippen LogP contribution < -0.4 is 0 Å². The lowest BCUT2D eigenvalue weighted by Crippen LogP contribution is -2.26. The first kappa shape index (κ1) is 17.4. The van der Waals surface area contributed by atoms with Gasteiger partial charge in [0, 0.05) is 17.7 Å². The number of nitrogens with one attached hydrogen (secondary N) is 1. The molecule has 5 nitrogen and oxygen atoms in total. The molecule has 0 saturated heterocycles. The van der Waals surface area contributed by atoms with Crippen molar-refractivity contribution in [1.29, 1.82) is 0 Å². The number of esters is 1. The van der Waals surface area contributed by atoms with Gasteiger partial charge in [0.1, 0.15) is 0 Å². The van der Waals surface area contributed by atoms with E-state index in [9.17, 15) is 14.4 Å². The summed E-state index contributed by atoms with van der Waals surface area (Å²) < 4.78 is 5.30. The summed E-state index contributed by atoms with van der Waals surface area (Å²) in [7, 11) is 0. The average molecular weight is 319 g/mol. The predicted octanol–water partition coefficient (Wildman–Crippen LogP) is 3.53. The Morgan fingerprint density at radius 2 is 1.83 bits per heavy atom. The number of hydrogen-bond acceptors (Lipinski definition) is 4. The van der Waals surface area contributed by atoms with E-state index in [1.165, 1.54) is 19.8 Å². The van der Waals surface area contributed by atoms with E-state index < -0.39 is 6.10 Å². The van der Waals surface area contributed by atoms with Crippen molar-refractivity contribution in [3.8, 4) is 0 Å². The van der Waals surface area contributed by atoms with Crippen LogP contribution in [0.25, 0.3) is 0 Å². The van der Waals surface area contributed by atoms with Crippen molar-refractivity contribution < 1.29 is 19.1 Å². The molecular formula is C18H25NO4. The predicted molar refractivity (Wildman–Crippen MR) is 86.7 cm³/mol. The SMILES string of the molecule is CC(=O)c1c(C)[nH]c(C(=O)[C@H](C)OC(=O)CC2CCCC2)c1C. The van der Waals surface area contributed by atoms with Gasteiger partial charge in [0.25, 0.3) is 0 Å². The third kappa shape index (κ3) is 3.89. The molecule has 2 rings (SSSR count). The van der Waals surface area contributed by atoms with Gasteiger partial charge in [-0.3, -0.25) is 14.4 Å². The monoisotopic (exact) mass is 319 g/mol. The highest BCUT2D eigenvalue weighted by molar-refractivity contribution is 6.05. The molecule has 0 bridgehead atoms. The number of H-pyrrole nitrogens is 1. The maximum atomic E-state index is 12.5. The van der Waals surface area contributed by atoms with Gasteiger partial charge in [-0.2, -0.15) is 0 Å². The van der Waals surface area contributed by atoms with E-state index in [1.54, 1.807) is 20.8 Å². The zero-order chi connectivity index (χ0) is 17.1. The van der Waals surface area contributed by atoms with Gasteiger partial charge in [0.05, 0.1) is 5.69 Å². The Balaban J connectivity index is 2.03. The molecule has 0 aliphatic heterocycles. The first-order valence-electron chi connectivity index (χ1n) is 8.25. The van der Waals surface area contributed by atoms with Crippen LogP contribution in [0.1, 0.15) is 78.1 Å². The zero-order valence-electron chi connectivity index (χ0n) is 14.3. The van der Waals surface area contributed by atoms with Gasteiger partial charge in [-0.15, -0.1) is 0 Å². The largest absolute Gasteiger partial charge is 0.454 e. The van der Waals surface area contributed by atoms with Crippen molar-refractivity contribution >= 4 is 17.5 Å². The van der Waals surface area contributed by atoms with Gasteiger partial charge in [-0.05, 0) is 52.0 Å². The molecule has 0 radical (unpaired) electrons. The highest BCUT2D eigenvalue weighted by Gasteiger charge is 2.27. The molecule has 126 valence electrons. The summed E-state index contributed by atoms with van der Waals surface area (Å²) in [6.45, 7) is 6.55. The van der Waals surface area contributed by atoms with Crippen LogP contribution in [0.4, 0.5) is 0 Å². The van der Waals surface area contributed by atoms with Crippen molar-refractivity contribution in [2.75, 3.05) is 0 Å². The maximum absolute atomic E-state index is 12.5. The first-order chi connectivity index (χ1) is 10.8. The van der Waals surface area contributed by atoms with Crippen molar-refractivity contribution in [2.45, 2.75) is 65.9 Å². The normalized spacial score (nSPS) is 16.3. The molecule has 1 saturated carbocycles.